The third-order valence-electron chi connectivity index (χ3n) is 1.42. The van der Waals surface area contributed by atoms with Gasteiger partial charge in [0.2, 0.25) is 0 Å². The molecule has 0 heterocycles. The molecule has 62 valence electrons. The molecule has 0 spiro atoms. The summed E-state index contributed by atoms with van der Waals surface area (Å²) in [5.41, 5.74) is 1.46. The van der Waals surface area contributed by atoms with Crippen LogP contribution in [0.1, 0.15) is 11.1 Å². The van der Waals surface area contributed by atoms with Gasteiger partial charge in [0.1, 0.15) is 5.82 Å². The summed E-state index contributed by atoms with van der Waals surface area (Å²) < 4.78 is 13.0. The summed E-state index contributed by atoms with van der Waals surface area (Å²) >= 11 is 3.91. The molecular formula is C10H9FS. The van der Waals surface area contributed by atoms with Crippen LogP contribution in [0.25, 0.3) is 0 Å². The minimum Gasteiger partial charge on any atom is -0.206 e. The topological polar surface area (TPSA) is 0 Å². The first kappa shape index (κ1) is 9.15. The first-order valence-electron chi connectivity index (χ1n) is 3.60. The summed E-state index contributed by atoms with van der Waals surface area (Å²) in [6.07, 6.45) is 0. The fourth-order valence-corrected chi connectivity index (χ4v) is 0.949. The minimum atomic E-state index is -0.269. The van der Waals surface area contributed by atoms with E-state index in [1.807, 2.05) is 6.92 Å². The number of benzene rings is 1. The molecule has 1 aromatic carbocycles. The fourth-order valence-electron chi connectivity index (χ4n) is 0.870. The Morgan fingerprint density at radius 1 is 1.50 bits per heavy atom. The number of halogens is 1. The Kier molecular flexibility index (Phi) is 3.19. The molecule has 0 fully saturated rings. The second kappa shape index (κ2) is 4.18. The van der Waals surface area contributed by atoms with Crippen LogP contribution in [0.15, 0.2) is 18.2 Å². The molecule has 0 N–H and O–H groups in total. The highest BCUT2D eigenvalue weighted by Gasteiger charge is 1.96. The van der Waals surface area contributed by atoms with Gasteiger partial charge in [-0.1, -0.05) is 17.9 Å². The van der Waals surface area contributed by atoms with Crippen molar-refractivity contribution in [3.63, 3.8) is 0 Å². The lowest BCUT2D eigenvalue weighted by Crippen LogP contribution is -1.84. The van der Waals surface area contributed by atoms with Crippen molar-refractivity contribution < 1.29 is 4.39 Å². The van der Waals surface area contributed by atoms with Crippen LogP contribution in [0.3, 0.4) is 0 Å². The molecule has 0 nitrogen and oxygen atoms in total. The van der Waals surface area contributed by atoms with E-state index in [1.54, 1.807) is 12.1 Å². The molecule has 0 amide bonds. The number of aryl methyl sites for hydroxylation is 1. The van der Waals surface area contributed by atoms with E-state index in [2.05, 4.69) is 24.5 Å². The van der Waals surface area contributed by atoms with Crippen molar-refractivity contribution in [1.29, 1.82) is 0 Å². The molecular weight excluding hydrogens is 171 g/mol. The van der Waals surface area contributed by atoms with Crippen LogP contribution < -0.4 is 0 Å². The Labute approximate surface area is 77.2 Å². The monoisotopic (exact) mass is 180 g/mol. The zero-order valence-corrected chi connectivity index (χ0v) is 7.66. The second-order valence-electron chi connectivity index (χ2n) is 2.44. The first-order chi connectivity index (χ1) is 5.74. The van der Waals surface area contributed by atoms with Crippen LogP contribution in [0.4, 0.5) is 4.39 Å². The van der Waals surface area contributed by atoms with E-state index in [1.165, 1.54) is 6.07 Å². The van der Waals surface area contributed by atoms with Gasteiger partial charge in [-0.25, -0.2) is 4.39 Å². The van der Waals surface area contributed by atoms with Gasteiger partial charge in [-0.05, 0) is 24.6 Å². The van der Waals surface area contributed by atoms with Gasteiger partial charge in [0.15, 0.2) is 0 Å². The van der Waals surface area contributed by atoms with Crippen LogP contribution in [0, 0.1) is 24.6 Å². The Morgan fingerprint density at radius 2 is 2.25 bits per heavy atom. The molecule has 0 bridgehead atoms. The molecule has 2 heteroatoms. The minimum absolute atomic E-state index is 0.269. The van der Waals surface area contributed by atoms with E-state index in [0.717, 1.165) is 5.56 Å². The summed E-state index contributed by atoms with van der Waals surface area (Å²) in [4.78, 5) is 0. The molecule has 0 aliphatic rings. The molecule has 0 radical (unpaired) electrons. The lowest BCUT2D eigenvalue weighted by molar-refractivity contribution is 0.624. The molecule has 0 aliphatic carbocycles. The van der Waals surface area contributed by atoms with Crippen molar-refractivity contribution in [2.75, 3.05) is 5.75 Å². The lowest BCUT2D eigenvalue weighted by atomic mass is 10.1. The SMILES string of the molecule is Cc1ccc(F)c(C#CCS)c1. The highest BCUT2D eigenvalue weighted by molar-refractivity contribution is 7.80. The molecule has 1 aromatic rings. The largest absolute Gasteiger partial charge is 0.206 e. The third kappa shape index (κ3) is 2.28. The third-order valence-corrected chi connectivity index (χ3v) is 1.58. The number of rotatable bonds is 0. The highest BCUT2D eigenvalue weighted by Crippen LogP contribution is 2.07. The van der Waals surface area contributed by atoms with E-state index < -0.39 is 0 Å². The maximum absolute atomic E-state index is 13.0. The lowest BCUT2D eigenvalue weighted by Gasteiger charge is -1.95. The fraction of sp³-hybridized carbons (Fsp3) is 0.200. The Hall–Kier alpha value is -0.940. The predicted molar refractivity (Wildman–Crippen MR) is 51.9 cm³/mol. The molecule has 1 rings (SSSR count). The van der Waals surface area contributed by atoms with E-state index in [-0.39, 0.29) is 5.82 Å². The average molecular weight is 180 g/mol. The number of thiol groups is 1. The first-order valence-corrected chi connectivity index (χ1v) is 4.23. The summed E-state index contributed by atoms with van der Waals surface area (Å²) in [6.45, 7) is 1.91. The van der Waals surface area contributed by atoms with Crippen molar-refractivity contribution in [2.45, 2.75) is 6.92 Å². The van der Waals surface area contributed by atoms with Gasteiger partial charge in [-0.2, -0.15) is 12.6 Å². The average Bonchev–Trinajstić information content (AvgIpc) is 2.07. The maximum Gasteiger partial charge on any atom is 0.138 e. The van der Waals surface area contributed by atoms with Crippen molar-refractivity contribution in [1.82, 2.24) is 0 Å². The summed E-state index contributed by atoms with van der Waals surface area (Å²) in [5, 5.41) is 0. The van der Waals surface area contributed by atoms with Gasteiger partial charge in [-0.15, -0.1) is 0 Å². The Bertz CT molecular complexity index is 333. The van der Waals surface area contributed by atoms with E-state index in [9.17, 15) is 4.39 Å². The Morgan fingerprint density at radius 3 is 2.92 bits per heavy atom. The molecule has 12 heavy (non-hydrogen) atoms. The second-order valence-corrected chi connectivity index (χ2v) is 2.76. The number of hydrogen-bond donors (Lipinski definition) is 1. The van der Waals surface area contributed by atoms with Gasteiger partial charge in [-0.3, -0.25) is 0 Å². The summed E-state index contributed by atoms with van der Waals surface area (Å²) in [7, 11) is 0. The predicted octanol–water partition coefficient (Wildman–Crippen LogP) is 2.42. The standard InChI is InChI=1S/C10H9FS/c1-8-4-5-10(11)9(7-8)3-2-6-12/h4-5,7,12H,6H2,1H3. The Balaban J connectivity index is 3.05. The normalized spacial score (nSPS) is 8.92. The van der Waals surface area contributed by atoms with Gasteiger partial charge in [0.25, 0.3) is 0 Å². The number of hydrogen-bond acceptors (Lipinski definition) is 1. The van der Waals surface area contributed by atoms with Crippen LogP contribution in [-0.4, -0.2) is 5.75 Å². The van der Waals surface area contributed by atoms with Crippen LogP contribution in [0.2, 0.25) is 0 Å². The van der Waals surface area contributed by atoms with Gasteiger partial charge in [0, 0.05) is 0 Å². The molecule has 0 saturated carbocycles. The van der Waals surface area contributed by atoms with Crippen molar-refractivity contribution >= 4 is 12.6 Å². The van der Waals surface area contributed by atoms with Crippen LogP contribution in [0.5, 0.6) is 0 Å². The van der Waals surface area contributed by atoms with Gasteiger partial charge < -0.3 is 0 Å². The highest BCUT2D eigenvalue weighted by atomic mass is 32.1. The van der Waals surface area contributed by atoms with E-state index in [0.29, 0.717) is 11.3 Å². The maximum atomic E-state index is 13.0. The van der Waals surface area contributed by atoms with Gasteiger partial charge in [0.05, 0.1) is 11.3 Å². The van der Waals surface area contributed by atoms with Crippen LogP contribution in [-0.2, 0) is 0 Å². The smallest absolute Gasteiger partial charge is 0.138 e. The molecule has 0 unspecified atom stereocenters. The molecule has 0 saturated heterocycles. The van der Waals surface area contributed by atoms with E-state index in [4.69, 9.17) is 0 Å². The molecule has 0 atom stereocenters. The quantitative estimate of drug-likeness (QED) is 0.460. The van der Waals surface area contributed by atoms with E-state index >= 15 is 0 Å². The molecule has 0 aromatic heterocycles. The zero-order valence-electron chi connectivity index (χ0n) is 6.76. The van der Waals surface area contributed by atoms with Crippen molar-refractivity contribution in [3.05, 3.63) is 35.1 Å². The zero-order chi connectivity index (χ0) is 8.97. The van der Waals surface area contributed by atoms with Crippen molar-refractivity contribution in [3.8, 4) is 11.8 Å². The summed E-state index contributed by atoms with van der Waals surface area (Å²) in [5.74, 6) is 5.59. The van der Waals surface area contributed by atoms with Crippen LogP contribution >= 0.6 is 12.6 Å². The summed E-state index contributed by atoms with van der Waals surface area (Å²) in [6, 6.07) is 4.88. The molecule has 0 aliphatic heterocycles. The van der Waals surface area contributed by atoms with Crippen molar-refractivity contribution in [2.24, 2.45) is 0 Å². The van der Waals surface area contributed by atoms with Gasteiger partial charge >= 0.3 is 0 Å².